The maximum absolute atomic E-state index is 11.8. The maximum Gasteiger partial charge on any atom is 0.308 e. The first-order valence-electron chi connectivity index (χ1n) is 6.88. The molecule has 1 rings (SSSR count). The first kappa shape index (κ1) is 14.2. The van der Waals surface area contributed by atoms with Crippen LogP contribution < -0.4 is 0 Å². The third kappa shape index (κ3) is 4.49. The lowest BCUT2D eigenvalue weighted by molar-refractivity contribution is -0.150. The van der Waals surface area contributed by atoms with Crippen LogP contribution in [-0.4, -0.2) is 18.4 Å². The highest BCUT2D eigenvalue weighted by Crippen LogP contribution is 2.31. The van der Waals surface area contributed by atoms with Crippen molar-refractivity contribution in [3.8, 4) is 0 Å². The number of esters is 1. The molecule has 0 bridgehead atoms. The topological polar surface area (TPSA) is 43.4 Å². The minimum Gasteiger partial charge on any atom is -0.465 e. The molecular weight excluding hydrogens is 216 g/mol. The molecule has 0 spiro atoms. The second kappa shape index (κ2) is 7.46. The molecule has 1 saturated carbocycles. The Balaban J connectivity index is 2.37. The molecule has 0 saturated heterocycles. The van der Waals surface area contributed by atoms with Gasteiger partial charge >= 0.3 is 5.97 Å². The molecule has 1 aliphatic rings. The van der Waals surface area contributed by atoms with Crippen LogP contribution in [0.4, 0.5) is 0 Å². The summed E-state index contributed by atoms with van der Waals surface area (Å²) in [4.78, 5) is 23.4. The Kier molecular flexibility index (Phi) is 6.23. The van der Waals surface area contributed by atoms with Gasteiger partial charge in [-0.15, -0.1) is 0 Å². The fourth-order valence-corrected chi connectivity index (χ4v) is 2.42. The third-order valence-electron chi connectivity index (χ3n) is 3.55. The van der Waals surface area contributed by atoms with Crippen molar-refractivity contribution in [2.75, 3.05) is 6.61 Å². The highest BCUT2D eigenvalue weighted by atomic mass is 16.5. The van der Waals surface area contributed by atoms with Gasteiger partial charge in [0.2, 0.25) is 0 Å². The predicted octanol–water partition coefficient (Wildman–Crippen LogP) is 3.12. The first-order chi connectivity index (χ1) is 8.19. The van der Waals surface area contributed by atoms with E-state index in [0.717, 1.165) is 32.1 Å². The molecule has 1 aliphatic carbocycles. The number of hydrogen-bond acceptors (Lipinski definition) is 3. The second-order valence-electron chi connectivity index (χ2n) is 4.90. The van der Waals surface area contributed by atoms with Gasteiger partial charge in [-0.2, -0.15) is 0 Å². The van der Waals surface area contributed by atoms with Crippen molar-refractivity contribution in [1.82, 2.24) is 0 Å². The van der Waals surface area contributed by atoms with Gasteiger partial charge in [0.15, 0.2) is 0 Å². The summed E-state index contributed by atoms with van der Waals surface area (Å²) in [6.07, 6.45) is 6.07. The van der Waals surface area contributed by atoms with Gasteiger partial charge in [0.25, 0.3) is 0 Å². The van der Waals surface area contributed by atoms with Crippen LogP contribution in [0.3, 0.4) is 0 Å². The van der Waals surface area contributed by atoms with E-state index in [0.29, 0.717) is 25.2 Å². The molecule has 3 heteroatoms. The monoisotopic (exact) mass is 240 g/mol. The summed E-state index contributed by atoms with van der Waals surface area (Å²) in [6, 6.07) is 0. The summed E-state index contributed by atoms with van der Waals surface area (Å²) >= 11 is 0. The number of unbranched alkanes of at least 4 members (excludes halogenated alkanes) is 1. The van der Waals surface area contributed by atoms with Gasteiger partial charge in [-0.3, -0.25) is 9.59 Å². The van der Waals surface area contributed by atoms with Crippen LogP contribution in [0.5, 0.6) is 0 Å². The Bertz CT molecular complexity index is 260. The SMILES string of the molecule is CCCCOC(=O)C1CCCC(C(=O)CC)C1. The summed E-state index contributed by atoms with van der Waals surface area (Å²) in [5.74, 6) is 0.265. The first-order valence-corrected chi connectivity index (χ1v) is 6.88. The Morgan fingerprint density at radius 2 is 1.88 bits per heavy atom. The highest BCUT2D eigenvalue weighted by molar-refractivity contribution is 5.82. The van der Waals surface area contributed by atoms with Gasteiger partial charge in [-0.05, 0) is 25.7 Å². The van der Waals surface area contributed by atoms with E-state index in [1.165, 1.54) is 0 Å². The Morgan fingerprint density at radius 3 is 2.53 bits per heavy atom. The molecule has 3 nitrogen and oxygen atoms in total. The molecule has 2 unspecified atom stereocenters. The summed E-state index contributed by atoms with van der Waals surface area (Å²) in [5.41, 5.74) is 0. The largest absolute Gasteiger partial charge is 0.465 e. The Morgan fingerprint density at radius 1 is 1.18 bits per heavy atom. The lowest BCUT2D eigenvalue weighted by Crippen LogP contribution is -2.28. The zero-order chi connectivity index (χ0) is 12.7. The number of Topliss-reactive ketones (excluding diaryl/α,β-unsaturated/α-hetero) is 1. The number of ketones is 1. The van der Waals surface area contributed by atoms with Crippen molar-refractivity contribution in [2.45, 2.75) is 58.8 Å². The molecule has 0 heterocycles. The number of ether oxygens (including phenoxy) is 1. The minimum atomic E-state index is -0.0907. The fourth-order valence-electron chi connectivity index (χ4n) is 2.42. The van der Waals surface area contributed by atoms with E-state index >= 15 is 0 Å². The Labute approximate surface area is 104 Å². The van der Waals surface area contributed by atoms with Crippen LogP contribution in [0.15, 0.2) is 0 Å². The van der Waals surface area contributed by atoms with E-state index in [1.807, 2.05) is 6.92 Å². The van der Waals surface area contributed by atoms with Crippen LogP contribution in [0.2, 0.25) is 0 Å². The van der Waals surface area contributed by atoms with Crippen molar-refractivity contribution in [3.05, 3.63) is 0 Å². The third-order valence-corrected chi connectivity index (χ3v) is 3.55. The molecule has 98 valence electrons. The lowest BCUT2D eigenvalue weighted by atomic mass is 9.79. The van der Waals surface area contributed by atoms with Gasteiger partial charge in [0, 0.05) is 12.3 Å². The van der Waals surface area contributed by atoms with Gasteiger partial charge < -0.3 is 4.74 Å². The van der Waals surface area contributed by atoms with Crippen LogP contribution >= 0.6 is 0 Å². The molecule has 0 aromatic heterocycles. The van der Waals surface area contributed by atoms with Gasteiger partial charge in [-0.25, -0.2) is 0 Å². The summed E-state index contributed by atoms with van der Waals surface area (Å²) in [5, 5.41) is 0. The maximum atomic E-state index is 11.8. The highest BCUT2D eigenvalue weighted by Gasteiger charge is 2.31. The quantitative estimate of drug-likeness (QED) is 0.529. The zero-order valence-electron chi connectivity index (χ0n) is 11.0. The molecule has 0 aliphatic heterocycles. The average Bonchev–Trinajstić information content (AvgIpc) is 2.38. The average molecular weight is 240 g/mol. The van der Waals surface area contributed by atoms with Crippen LogP contribution in [0.25, 0.3) is 0 Å². The molecule has 0 N–H and O–H groups in total. The Hall–Kier alpha value is -0.860. The molecule has 1 fully saturated rings. The molecular formula is C14H24O3. The normalized spacial score (nSPS) is 24.4. The summed E-state index contributed by atoms with van der Waals surface area (Å²) in [6.45, 7) is 4.49. The van der Waals surface area contributed by atoms with E-state index < -0.39 is 0 Å². The van der Waals surface area contributed by atoms with Crippen LogP contribution in [0, 0.1) is 11.8 Å². The minimum absolute atomic E-state index is 0.0406. The van der Waals surface area contributed by atoms with E-state index in [-0.39, 0.29) is 17.8 Å². The van der Waals surface area contributed by atoms with Crippen LogP contribution in [-0.2, 0) is 14.3 Å². The fraction of sp³-hybridized carbons (Fsp3) is 0.857. The summed E-state index contributed by atoms with van der Waals surface area (Å²) < 4.78 is 5.23. The van der Waals surface area contributed by atoms with E-state index in [9.17, 15) is 9.59 Å². The van der Waals surface area contributed by atoms with E-state index in [1.54, 1.807) is 0 Å². The predicted molar refractivity (Wildman–Crippen MR) is 66.6 cm³/mol. The molecule has 2 atom stereocenters. The number of rotatable bonds is 6. The van der Waals surface area contributed by atoms with Crippen molar-refractivity contribution >= 4 is 11.8 Å². The second-order valence-corrected chi connectivity index (χ2v) is 4.90. The molecule has 0 aromatic rings. The van der Waals surface area contributed by atoms with Crippen molar-refractivity contribution < 1.29 is 14.3 Å². The summed E-state index contributed by atoms with van der Waals surface area (Å²) in [7, 11) is 0. The molecule has 0 amide bonds. The van der Waals surface area contributed by atoms with Crippen molar-refractivity contribution in [3.63, 3.8) is 0 Å². The molecule has 17 heavy (non-hydrogen) atoms. The van der Waals surface area contributed by atoms with Crippen molar-refractivity contribution in [2.24, 2.45) is 11.8 Å². The van der Waals surface area contributed by atoms with Crippen molar-refractivity contribution in [1.29, 1.82) is 0 Å². The number of carbonyl (C=O) groups is 2. The molecule has 0 aromatic carbocycles. The molecule has 0 radical (unpaired) electrons. The van der Waals surface area contributed by atoms with Gasteiger partial charge in [0.1, 0.15) is 5.78 Å². The van der Waals surface area contributed by atoms with Crippen LogP contribution in [0.1, 0.15) is 58.8 Å². The van der Waals surface area contributed by atoms with E-state index in [4.69, 9.17) is 4.74 Å². The standard InChI is InChI=1S/C14H24O3/c1-3-5-9-17-14(16)12-8-6-7-11(10-12)13(15)4-2/h11-12H,3-10H2,1-2H3. The zero-order valence-corrected chi connectivity index (χ0v) is 11.0. The van der Waals surface area contributed by atoms with E-state index in [2.05, 4.69) is 6.92 Å². The lowest BCUT2D eigenvalue weighted by Gasteiger charge is -2.26. The number of hydrogen-bond donors (Lipinski definition) is 0. The smallest absolute Gasteiger partial charge is 0.308 e. The van der Waals surface area contributed by atoms with Gasteiger partial charge in [-0.1, -0.05) is 26.7 Å². The number of carbonyl (C=O) groups excluding carboxylic acids is 2. The van der Waals surface area contributed by atoms with Gasteiger partial charge in [0.05, 0.1) is 12.5 Å².